The number of nitrogens with one attached hydrogen (secondary N) is 1. The van der Waals surface area contributed by atoms with Crippen LogP contribution in [-0.4, -0.2) is 52.7 Å². The summed E-state index contributed by atoms with van der Waals surface area (Å²) >= 11 is 0. The Bertz CT molecular complexity index is 1540. The number of aromatic hydroxyl groups is 1. The Kier molecular flexibility index (Phi) is 6.38. The molecule has 1 unspecified atom stereocenters. The van der Waals surface area contributed by atoms with Crippen molar-refractivity contribution in [2.75, 3.05) is 25.7 Å². The maximum Gasteiger partial charge on any atom is 0.302 e. The highest BCUT2D eigenvalue weighted by atomic mass is 16.5. The van der Waals surface area contributed by atoms with Gasteiger partial charge >= 0.3 is 5.91 Å². The van der Waals surface area contributed by atoms with Crippen LogP contribution in [0.5, 0.6) is 23.0 Å². The van der Waals surface area contributed by atoms with Crippen LogP contribution in [0.4, 0.5) is 5.95 Å². The number of aliphatic hydroxyl groups is 1. The Balaban J connectivity index is 1.79. The molecule has 0 radical (unpaired) electrons. The van der Waals surface area contributed by atoms with Gasteiger partial charge in [0.05, 0.1) is 43.5 Å². The number of hydrogen-bond donors (Lipinski definition) is 3. The molecule has 10 heteroatoms. The SMILES string of the molecule is CCOc1cc(C2/C(=C(\O)c3c(OC)cccc3OC)C(=O)C(=O)N2c2nc3ccccc3[nH]2)ccc1O. The van der Waals surface area contributed by atoms with Crippen molar-refractivity contribution in [2.45, 2.75) is 13.0 Å². The van der Waals surface area contributed by atoms with E-state index < -0.39 is 23.5 Å². The second-order valence-corrected chi connectivity index (χ2v) is 8.44. The van der Waals surface area contributed by atoms with E-state index in [1.807, 2.05) is 6.07 Å². The Morgan fingerprint density at radius 3 is 2.37 bits per heavy atom. The highest BCUT2D eigenvalue weighted by Gasteiger charge is 2.49. The zero-order chi connectivity index (χ0) is 27.0. The summed E-state index contributed by atoms with van der Waals surface area (Å²) in [5.41, 5.74) is 1.58. The number of phenols is 1. The fraction of sp³-hybridized carbons (Fsp3) is 0.179. The number of H-pyrrole nitrogens is 1. The first kappa shape index (κ1) is 24.7. The number of anilines is 1. The summed E-state index contributed by atoms with van der Waals surface area (Å²) < 4.78 is 16.4. The molecular formula is C28H25N3O7. The number of aliphatic hydroxyl groups excluding tert-OH is 1. The molecule has 2 heterocycles. The predicted molar refractivity (Wildman–Crippen MR) is 140 cm³/mol. The number of rotatable bonds is 7. The van der Waals surface area contributed by atoms with Gasteiger partial charge in [0.2, 0.25) is 5.95 Å². The summed E-state index contributed by atoms with van der Waals surface area (Å²) in [6, 6.07) is 15.4. The van der Waals surface area contributed by atoms with Crippen LogP contribution < -0.4 is 19.1 Å². The Morgan fingerprint density at radius 1 is 1.00 bits per heavy atom. The maximum atomic E-state index is 13.6. The van der Waals surface area contributed by atoms with Crippen molar-refractivity contribution < 1.29 is 34.0 Å². The average molecular weight is 516 g/mol. The lowest BCUT2D eigenvalue weighted by Crippen LogP contribution is -2.30. The fourth-order valence-corrected chi connectivity index (χ4v) is 4.61. The van der Waals surface area contributed by atoms with E-state index in [1.54, 1.807) is 49.4 Å². The third-order valence-corrected chi connectivity index (χ3v) is 6.31. The number of para-hydroxylation sites is 2. The molecule has 1 atom stereocenters. The molecule has 1 amide bonds. The highest BCUT2D eigenvalue weighted by Crippen LogP contribution is 2.46. The summed E-state index contributed by atoms with van der Waals surface area (Å²) in [5, 5.41) is 21.9. The van der Waals surface area contributed by atoms with Gasteiger partial charge in [0.1, 0.15) is 22.8 Å². The fourth-order valence-electron chi connectivity index (χ4n) is 4.61. The molecule has 0 spiro atoms. The zero-order valence-corrected chi connectivity index (χ0v) is 20.9. The molecule has 3 N–H and O–H groups in total. The Labute approximate surface area is 217 Å². The third-order valence-electron chi connectivity index (χ3n) is 6.31. The van der Waals surface area contributed by atoms with Crippen molar-refractivity contribution in [3.05, 3.63) is 77.4 Å². The van der Waals surface area contributed by atoms with Gasteiger partial charge in [-0.15, -0.1) is 0 Å². The molecule has 1 aliphatic heterocycles. The summed E-state index contributed by atoms with van der Waals surface area (Å²) in [7, 11) is 2.84. The maximum absolute atomic E-state index is 13.6. The van der Waals surface area contributed by atoms with Gasteiger partial charge in [-0.2, -0.15) is 0 Å². The van der Waals surface area contributed by atoms with E-state index in [2.05, 4.69) is 9.97 Å². The third kappa shape index (κ3) is 3.96. The first-order chi connectivity index (χ1) is 18.4. The van der Waals surface area contributed by atoms with Gasteiger partial charge in [-0.25, -0.2) is 4.98 Å². The molecule has 1 saturated heterocycles. The number of nitrogens with zero attached hydrogens (tertiary/aromatic N) is 2. The lowest BCUT2D eigenvalue weighted by atomic mass is 9.94. The summed E-state index contributed by atoms with van der Waals surface area (Å²) in [6.45, 7) is 2.04. The second kappa shape index (κ2) is 9.81. The van der Waals surface area contributed by atoms with Crippen LogP contribution in [-0.2, 0) is 9.59 Å². The number of Topliss-reactive ketones (excluding diaryl/α,β-unsaturated/α-hetero) is 1. The minimum atomic E-state index is -1.12. The number of ether oxygens (including phenoxy) is 3. The van der Waals surface area contributed by atoms with Gasteiger partial charge in [-0.3, -0.25) is 14.5 Å². The van der Waals surface area contributed by atoms with Crippen LogP contribution in [0.1, 0.15) is 24.1 Å². The molecule has 38 heavy (non-hydrogen) atoms. The normalized spacial score (nSPS) is 16.7. The van der Waals surface area contributed by atoms with Gasteiger partial charge in [0, 0.05) is 0 Å². The number of aromatic amines is 1. The smallest absolute Gasteiger partial charge is 0.302 e. The number of carbonyl (C=O) groups is 2. The number of methoxy groups -OCH3 is 2. The molecule has 4 aromatic rings. The van der Waals surface area contributed by atoms with Crippen LogP contribution >= 0.6 is 0 Å². The molecule has 0 bridgehead atoms. The highest BCUT2D eigenvalue weighted by molar-refractivity contribution is 6.51. The number of amides is 1. The van der Waals surface area contributed by atoms with E-state index in [0.717, 1.165) is 0 Å². The van der Waals surface area contributed by atoms with Gasteiger partial charge in [0.25, 0.3) is 5.78 Å². The van der Waals surface area contributed by atoms with E-state index in [0.29, 0.717) is 16.6 Å². The minimum absolute atomic E-state index is 0.109. The van der Waals surface area contributed by atoms with Crippen molar-refractivity contribution in [3.63, 3.8) is 0 Å². The topological polar surface area (TPSA) is 134 Å². The second-order valence-electron chi connectivity index (χ2n) is 8.44. The van der Waals surface area contributed by atoms with E-state index in [9.17, 15) is 19.8 Å². The standard InChI is InChI=1S/C28H25N3O7/c1-4-38-21-14-15(12-13-18(21)32)24-23(25(33)22-19(36-2)10-7-11-20(22)37-3)26(34)27(35)31(24)28-29-16-8-5-6-9-17(16)30-28/h5-14,24,32-33H,4H2,1-3H3,(H,29,30)/b25-23+. The molecule has 10 nitrogen and oxygen atoms in total. The molecule has 1 fully saturated rings. The van der Waals surface area contributed by atoms with Crippen molar-refractivity contribution in [1.82, 2.24) is 9.97 Å². The molecule has 1 aliphatic rings. The lowest BCUT2D eigenvalue weighted by molar-refractivity contribution is -0.132. The summed E-state index contributed by atoms with van der Waals surface area (Å²) in [4.78, 5) is 35.9. The van der Waals surface area contributed by atoms with E-state index in [-0.39, 0.29) is 46.7 Å². The monoisotopic (exact) mass is 515 g/mol. The Morgan fingerprint density at radius 2 is 1.71 bits per heavy atom. The Hall–Kier alpha value is -4.99. The van der Waals surface area contributed by atoms with Crippen molar-refractivity contribution >= 4 is 34.4 Å². The first-order valence-electron chi connectivity index (χ1n) is 11.8. The van der Waals surface area contributed by atoms with Gasteiger partial charge in [-0.1, -0.05) is 24.3 Å². The average Bonchev–Trinajstić information content (AvgIpc) is 3.47. The molecule has 0 saturated carbocycles. The number of aromatic nitrogens is 2. The van der Waals surface area contributed by atoms with Gasteiger partial charge in [-0.05, 0) is 48.9 Å². The largest absolute Gasteiger partial charge is 0.506 e. The van der Waals surface area contributed by atoms with Crippen molar-refractivity contribution in [2.24, 2.45) is 0 Å². The number of fused-ring (bicyclic) bond motifs is 1. The quantitative estimate of drug-likeness (QED) is 0.188. The van der Waals surface area contributed by atoms with Crippen molar-refractivity contribution in [3.8, 4) is 23.0 Å². The van der Waals surface area contributed by atoms with Crippen LogP contribution in [0.15, 0.2) is 66.2 Å². The number of phenolic OH excluding ortho intramolecular Hbond substituents is 1. The molecule has 1 aromatic heterocycles. The molecule has 0 aliphatic carbocycles. The summed E-state index contributed by atoms with van der Waals surface area (Å²) in [6.07, 6.45) is 0. The zero-order valence-electron chi connectivity index (χ0n) is 20.9. The number of carbonyl (C=O) groups excluding carboxylic acids is 2. The first-order valence-corrected chi connectivity index (χ1v) is 11.8. The number of hydrogen-bond acceptors (Lipinski definition) is 8. The van der Waals surface area contributed by atoms with Crippen molar-refractivity contribution in [1.29, 1.82) is 0 Å². The lowest BCUT2D eigenvalue weighted by Gasteiger charge is -2.24. The molecular weight excluding hydrogens is 490 g/mol. The minimum Gasteiger partial charge on any atom is -0.506 e. The van der Waals surface area contributed by atoms with E-state index >= 15 is 0 Å². The molecule has 194 valence electrons. The van der Waals surface area contributed by atoms with Crippen LogP contribution in [0.3, 0.4) is 0 Å². The number of ketones is 1. The van der Waals surface area contributed by atoms with Crippen LogP contribution in [0, 0.1) is 0 Å². The van der Waals surface area contributed by atoms with Gasteiger partial charge in [0.15, 0.2) is 11.5 Å². The summed E-state index contributed by atoms with van der Waals surface area (Å²) in [5.74, 6) is -1.63. The van der Waals surface area contributed by atoms with Crippen LogP contribution in [0.2, 0.25) is 0 Å². The predicted octanol–water partition coefficient (Wildman–Crippen LogP) is 4.31. The number of benzene rings is 3. The van der Waals surface area contributed by atoms with Crippen LogP contribution in [0.25, 0.3) is 16.8 Å². The van der Waals surface area contributed by atoms with Gasteiger partial charge < -0.3 is 29.4 Å². The van der Waals surface area contributed by atoms with E-state index in [1.165, 1.54) is 31.3 Å². The van der Waals surface area contributed by atoms with E-state index in [4.69, 9.17) is 14.2 Å². The molecule has 5 rings (SSSR count). The number of imidazole rings is 1. The molecule has 3 aromatic carbocycles.